The van der Waals surface area contributed by atoms with Gasteiger partial charge in [-0.3, -0.25) is 9.78 Å². The molecule has 148 valence electrons. The Morgan fingerprint density at radius 2 is 1.68 bits per heavy atom. The zero-order valence-electron chi connectivity index (χ0n) is 16.1. The number of carbonyl (C=O) groups is 1. The van der Waals surface area contributed by atoms with E-state index in [9.17, 15) is 4.79 Å². The first-order valence-corrected chi connectivity index (χ1v) is 8.62. The van der Waals surface area contributed by atoms with Gasteiger partial charge in [0.25, 0.3) is 5.91 Å². The monoisotopic (exact) mass is 401 g/mol. The number of hydrogen-bond acceptors (Lipinski definition) is 5. The number of ether oxygens (including phenoxy) is 2. The van der Waals surface area contributed by atoms with Crippen molar-refractivity contribution in [3.63, 3.8) is 0 Å². The minimum absolute atomic E-state index is 0. The van der Waals surface area contributed by atoms with Gasteiger partial charge in [-0.1, -0.05) is 30.3 Å². The lowest BCUT2D eigenvalue weighted by molar-refractivity contribution is 0.0786. The predicted octanol–water partition coefficient (Wildman–Crippen LogP) is 3.40. The van der Waals surface area contributed by atoms with Gasteiger partial charge in [-0.2, -0.15) is 0 Å². The summed E-state index contributed by atoms with van der Waals surface area (Å²) in [5.74, 6) is 1.01. The molecule has 6 nitrogen and oxygen atoms in total. The van der Waals surface area contributed by atoms with Crippen LogP contribution in [-0.2, 0) is 13.1 Å². The first kappa shape index (κ1) is 21.5. The van der Waals surface area contributed by atoms with Crippen molar-refractivity contribution in [2.45, 2.75) is 13.1 Å². The summed E-state index contributed by atoms with van der Waals surface area (Å²) in [5, 5.41) is 1.53. The summed E-state index contributed by atoms with van der Waals surface area (Å²) in [6.45, 7) is 0.771. The zero-order chi connectivity index (χ0) is 19.4. The summed E-state index contributed by atoms with van der Waals surface area (Å²) in [4.78, 5) is 19.2. The van der Waals surface area contributed by atoms with Crippen LogP contribution in [0.3, 0.4) is 0 Å². The van der Waals surface area contributed by atoms with Gasteiger partial charge in [-0.25, -0.2) is 0 Å². The molecule has 0 bridgehead atoms. The minimum Gasteiger partial charge on any atom is -0.493 e. The van der Waals surface area contributed by atoms with Crippen LogP contribution in [0.4, 0.5) is 0 Å². The molecule has 2 N–H and O–H groups in total. The standard InChI is InChI=1S/C21H23N3O3.ClH/c1-24(13-14-7-5-4-6-8-14)21(25)17-12-23-18(11-22)16-10-20(27-3)19(26-2)9-15(16)17;/h4-10,12H,11,13,22H2,1-3H3;1H. The van der Waals surface area contributed by atoms with Crippen LogP contribution in [0.2, 0.25) is 0 Å². The fourth-order valence-electron chi connectivity index (χ4n) is 3.09. The quantitative estimate of drug-likeness (QED) is 0.684. The highest BCUT2D eigenvalue weighted by Crippen LogP contribution is 2.35. The number of hydrogen-bond donors (Lipinski definition) is 1. The van der Waals surface area contributed by atoms with Crippen LogP contribution in [0, 0.1) is 0 Å². The SMILES string of the molecule is COc1cc2c(C(=O)N(C)Cc3ccccc3)cnc(CN)c2cc1OC.Cl. The molecule has 3 rings (SSSR count). The molecule has 0 saturated carbocycles. The largest absolute Gasteiger partial charge is 0.493 e. The summed E-state index contributed by atoms with van der Waals surface area (Å²) < 4.78 is 10.8. The summed E-state index contributed by atoms with van der Waals surface area (Å²) in [6.07, 6.45) is 1.58. The Balaban J connectivity index is 0.00000280. The van der Waals surface area contributed by atoms with Crippen LogP contribution >= 0.6 is 12.4 Å². The highest BCUT2D eigenvalue weighted by atomic mass is 35.5. The van der Waals surface area contributed by atoms with Crippen LogP contribution < -0.4 is 15.2 Å². The molecule has 3 aromatic rings. The number of carbonyl (C=O) groups excluding carboxylic acids is 1. The maximum atomic E-state index is 13.1. The molecule has 0 unspecified atom stereocenters. The van der Waals surface area contributed by atoms with Gasteiger partial charge in [0.1, 0.15) is 0 Å². The molecule has 7 heteroatoms. The summed E-state index contributed by atoms with van der Waals surface area (Å²) in [6, 6.07) is 13.5. The van der Waals surface area contributed by atoms with Crippen molar-refractivity contribution in [1.82, 2.24) is 9.88 Å². The van der Waals surface area contributed by atoms with Gasteiger partial charge in [-0.15, -0.1) is 12.4 Å². The van der Waals surface area contributed by atoms with E-state index in [4.69, 9.17) is 15.2 Å². The Morgan fingerprint density at radius 3 is 2.25 bits per heavy atom. The topological polar surface area (TPSA) is 77.7 Å². The number of amides is 1. The second-order valence-corrected chi connectivity index (χ2v) is 6.22. The molecule has 0 atom stereocenters. The number of methoxy groups -OCH3 is 2. The number of halogens is 1. The molecule has 2 aromatic carbocycles. The van der Waals surface area contributed by atoms with Crippen molar-refractivity contribution in [1.29, 1.82) is 0 Å². The van der Waals surface area contributed by atoms with Crippen LogP contribution in [0.5, 0.6) is 11.5 Å². The Bertz CT molecular complexity index is 964. The highest BCUT2D eigenvalue weighted by Gasteiger charge is 2.19. The number of fused-ring (bicyclic) bond motifs is 1. The average molecular weight is 402 g/mol. The average Bonchev–Trinajstić information content (AvgIpc) is 2.71. The van der Waals surface area contributed by atoms with Crippen LogP contribution in [0.1, 0.15) is 21.6 Å². The van der Waals surface area contributed by atoms with Gasteiger partial charge in [0.15, 0.2) is 11.5 Å². The molecule has 1 amide bonds. The van der Waals surface area contributed by atoms with Crippen molar-refractivity contribution < 1.29 is 14.3 Å². The molecular formula is C21H24ClN3O3. The van der Waals surface area contributed by atoms with E-state index in [0.29, 0.717) is 29.3 Å². The minimum atomic E-state index is -0.118. The third-order valence-corrected chi connectivity index (χ3v) is 4.51. The number of nitrogens with two attached hydrogens (primary N) is 1. The number of nitrogens with zero attached hydrogens (tertiary/aromatic N) is 2. The fraction of sp³-hybridized carbons (Fsp3) is 0.238. The van der Waals surface area contributed by atoms with Crippen LogP contribution in [-0.4, -0.2) is 37.1 Å². The maximum Gasteiger partial charge on any atom is 0.256 e. The Kier molecular flexibility index (Phi) is 7.20. The molecule has 0 radical (unpaired) electrons. The lowest BCUT2D eigenvalue weighted by atomic mass is 10.0. The number of aromatic nitrogens is 1. The summed E-state index contributed by atoms with van der Waals surface area (Å²) in [5.41, 5.74) is 8.10. The molecule has 0 spiro atoms. The van der Waals surface area contributed by atoms with E-state index < -0.39 is 0 Å². The third kappa shape index (κ3) is 4.18. The van der Waals surface area contributed by atoms with Crippen molar-refractivity contribution >= 4 is 29.1 Å². The molecule has 0 aliphatic heterocycles. The van der Waals surface area contributed by atoms with Crippen molar-refractivity contribution in [2.24, 2.45) is 5.73 Å². The second kappa shape index (κ2) is 9.39. The number of rotatable bonds is 6. The van der Waals surface area contributed by atoms with Crippen molar-refractivity contribution in [3.8, 4) is 11.5 Å². The lowest BCUT2D eigenvalue weighted by Gasteiger charge is -2.19. The number of benzene rings is 2. The van der Waals surface area contributed by atoms with E-state index in [1.165, 1.54) is 0 Å². The summed E-state index contributed by atoms with van der Waals surface area (Å²) in [7, 11) is 4.92. The lowest BCUT2D eigenvalue weighted by Crippen LogP contribution is -2.26. The van der Waals surface area contributed by atoms with E-state index in [2.05, 4.69) is 4.98 Å². The van der Waals surface area contributed by atoms with E-state index in [-0.39, 0.29) is 24.9 Å². The predicted molar refractivity (Wildman–Crippen MR) is 112 cm³/mol. The number of pyridine rings is 1. The normalized spacial score (nSPS) is 10.3. The van der Waals surface area contributed by atoms with Crippen molar-refractivity contribution in [3.05, 3.63) is 65.5 Å². The highest BCUT2D eigenvalue weighted by molar-refractivity contribution is 6.08. The zero-order valence-corrected chi connectivity index (χ0v) is 17.0. The fourth-order valence-corrected chi connectivity index (χ4v) is 3.09. The first-order chi connectivity index (χ1) is 13.1. The van der Waals surface area contributed by atoms with Crippen LogP contribution in [0.15, 0.2) is 48.7 Å². The molecule has 1 aromatic heterocycles. The molecule has 0 fully saturated rings. The molecule has 0 saturated heterocycles. The summed E-state index contributed by atoms with van der Waals surface area (Å²) >= 11 is 0. The van der Waals surface area contributed by atoms with E-state index >= 15 is 0 Å². The molecule has 0 aliphatic carbocycles. The van der Waals surface area contributed by atoms with Gasteiger partial charge in [0.05, 0.1) is 25.5 Å². The second-order valence-electron chi connectivity index (χ2n) is 6.22. The van der Waals surface area contributed by atoms with E-state index in [1.807, 2.05) is 36.4 Å². The van der Waals surface area contributed by atoms with E-state index in [0.717, 1.165) is 16.3 Å². The van der Waals surface area contributed by atoms with Crippen molar-refractivity contribution in [2.75, 3.05) is 21.3 Å². The van der Waals surface area contributed by atoms with E-state index in [1.54, 1.807) is 38.4 Å². The smallest absolute Gasteiger partial charge is 0.256 e. The van der Waals surface area contributed by atoms with Gasteiger partial charge >= 0.3 is 0 Å². The Hall–Kier alpha value is -2.83. The molecule has 1 heterocycles. The maximum absolute atomic E-state index is 13.1. The Morgan fingerprint density at radius 1 is 1.07 bits per heavy atom. The van der Waals surface area contributed by atoms with Gasteiger partial charge in [0, 0.05) is 37.1 Å². The Labute approximate surface area is 170 Å². The molecule has 28 heavy (non-hydrogen) atoms. The van der Waals surface area contributed by atoms with Gasteiger partial charge in [0.2, 0.25) is 0 Å². The van der Waals surface area contributed by atoms with Gasteiger partial charge in [-0.05, 0) is 17.7 Å². The third-order valence-electron chi connectivity index (χ3n) is 4.51. The molecule has 0 aliphatic rings. The van der Waals surface area contributed by atoms with Crippen LogP contribution in [0.25, 0.3) is 10.8 Å². The first-order valence-electron chi connectivity index (χ1n) is 8.62. The van der Waals surface area contributed by atoms with Gasteiger partial charge < -0.3 is 20.1 Å². The molecular weight excluding hydrogens is 378 g/mol.